The third kappa shape index (κ3) is 3.65. The lowest BCUT2D eigenvalue weighted by Gasteiger charge is -2.19. The molecule has 0 aromatic heterocycles. The zero-order chi connectivity index (χ0) is 17.3. The fourth-order valence-corrected chi connectivity index (χ4v) is 3.93. The molecule has 2 aromatic carbocycles. The van der Waals surface area contributed by atoms with Gasteiger partial charge in [0.1, 0.15) is 0 Å². The van der Waals surface area contributed by atoms with Crippen molar-refractivity contribution in [2.24, 2.45) is 11.8 Å². The van der Waals surface area contributed by atoms with Crippen LogP contribution in [0.2, 0.25) is 10.0 Å². The van der Waals surface area contributed by atoms with Crippen molar-refractivity contribution in [2.75, 3.05) is 7.11 Å². The van der Waals surface area contributed by atoms with Crippen LogP contribution in [0.5, 0.6) is 11.5 Å². The van der Waals surface area contributed by atoms with Gasteiger partial charge >= 0.3 is 0 Å². The Morgan fingerprint density at radius 2 is 1.75 bits per heavy atom. The summed E-state index contributed by atoms with van der Waals surface area (Å²) in [5.41, 5.74) is 3.87. The molecule has 24 heavy (non-hydrogen) atoms. The molecule has 1 aliphatic carbocycles. The summed E-state index contributed by atoms with van der Waals surface area (Å²) >= 11 is 12.3. The van der Waals surface area contributed by atoms with E-state index in [0.717, 1.165) is 25.7 Å². The number of aryl methyl sites for hydroxylation is 1. The number of methoxy groups -OCH3 is 1. The van der Waals surface area contributed by atoms with Crippen LogP contribution in [0, 0.1) is 11.8 Å². The normalized spacial score (nSPS) is 15.3. The van der Waals surface area contributed by atoms with E-state index in [1.165, 1.54) is 16.7 Å². The summed E-state index contributed by atoms with van der Waals surface area (Å²) in [5, 5.41) is 11.0. The molecule has 0 saturated heterocycles. The molecule has 2 aromatic rings. The van der Waals surface area contributed by atoms with Crippen LogP contribution in [0.15, 0.2) is 30.3 Å². The number of aromatic hydroxyl groups is 1. The summed E-state index contributed by atoms with van der Waals surface area (Å²) in [6.07, 6.45) is 4.23. The monoisotopic (exact) mass is 364 g/mol. The Kier molecular flexibility index (Phi) is 5.27. The second kappa shape index (κ2) is 7.25. The zero-order valence-electron chi connectivity index (χ0n) is 14.0. The van der Waals surface area contributed by atoms with E-state index < -0.39 is 0 Å². The van der Waals surface area contributed by atoms with E-state index in [0.29, 0.717) is 27.6 Å². The van der Waals surface area contributed by atoms with E-state index in [1.807, 2.05) is 24.3 Å². The minimum Gasteiger partial charge on any atom is -0.504 e. The topological polar surface area (TPSA) is 29.5 Å². The lowest BCUT2D eigenvalue weighted by Crippen LogP contribution is -2.12. The molecule has 1 N–H and O–H groups in total. The fraction of sp³-hybridized carbons (Fsp3) is 0.400. The highest BCUT2D eigenvalue weighted by atomic mass is 35.5. The Balaban J connectivity index is 1.61. The number of benzene rings is 2. The average Bonchev–Trinajstić information content (AvgIpc) is 2.97. The largest absolute Gasteiger partial charge is 0.504 e. The first kappa shape index (κ1) is 17.4. The molecule has 0 fully saturated rings. The van der Waals surface area contributed by atoms with Crippen molar-refractivity contribution in [3.63, 3.8) is 0 Å². The summed E-state index contributed by atoms with van der Waals surface area (Å²) in [6.45, 7) is 2.32. The SMILES string of the molecule is COc1cc(CC[C@@H](C)C2Cc3cc(Cl)c(Cl)cc3C2)ccc1O. The molecule has 128 valence electrons. The molecule has 0 heterocycles. The third-order valence-electron chi connectivity index (χ3n) is 5.14. The van der Waals surface area contributed by atoms with Gasteiger partial charge in [0.2, 0.25) is 0 Å². The number of halogens is 2. The molecule has 1 atom stereocenters. The quantitative estimate of drug-likeness (QED) is 0.737. The number of hydrogen-bond donors (Lipinski definition) is 1. The second-order valence-corrected chi connectivity index (χ2v) is 7.54. The highest BCUT2D eigenvalue weighted by molar-refractivity contribution is 6.42. The summed E-state index contributed by atoms with van der Waals surface area (Å²) in [5.74, 6) is 1.97. The Hall–Kier alpha value is -1.38. The van der Waals surface area contributed by atoms with Gasteiger partial charge in [0.25, 0.3) is 0 Å². The molecular weight excluding hydrogens is 343 g/mol. The zero-order valence-corrected chi connectivity index (χ0v) is 15.5. The van der Waals surface area contributed by atoms with Gasteiger partial charge in [-0.25, -0.2) is 0 Å². The number of hydrogen-bond acceptors (Lipinski definition) is 2. The van der Waals surface area contributed by atoms with Crippen LogP contribution in [0.1, 0.15) is 30.0 Å². The minimum absolute atomic E-state index is 0.189. The molecule has 0 unspecified atom stereocenters. The molecular formula is C20H22Cl2O2. The molecule has 3 rings (SSSR count). The lowest BCUT2D eigenvalue weighted by molar-refractivity contribution is 0.350. The van der Waals surface area contributed by atoms with E-state index in [1.54, 1.807) is 13.2 Å². The van der Waals surface area contributed by atoms with Crippen molar-refractivity contribution in [1.29, 1.82) is 0 Å². The Morgan fingerprint density at radius 3 is 2.33 bits per heavy atom. The molecule has 4 heteroatoms. The molecule has 0 radical (unpaired) electrons. The van der Waals surface area contributed by atoms with Crippen molar-refractivity contribution in [1.82, 2.24) is 0 Å². The minimum atomic E-state index is 0.189. The van der Waals surface area contributed by atoms with Crippen molar-refractivity contribution in [3.8, 4) is 11.5 Å². The van der Waals surface area contributed by atoms with Gasteiger partial charge in [-0.1, -0.05) is 36.2 Å². The van der Waals surface area contributed by atoms with E-state index in [4.69, 9.17) is 27.9 Å². The van der Waals surface area contributed by atoms with E-state index in [2.05, 4.69) is 6.92 Å². The highest BCUT2D eigenvalue weighted by Crippen LogP contribution is 2.37. The van der Waals surface area contributed by atoms with Gasteiger partial charge in [-0.3, -0.25) is 0 Å². The second-order valence-electron chi connectivity index (χ2n) is 6.73. The molecule has 0 saturated carbocycles. The van der Waals surface area contributed by atoms with E-state index >= 15 is 0 Å². The maximum absolute atomic E-state index is 9.68. The standard InChI is InChI=1S/C20H22Cl2O2/c1-12(3-4-13-5-6-19(23)20(7-13)24-2)14-8-15-10-17(21)18(22)11-16(15)9-14/h5-7,10-12,14,23H,3-4,8-9H2,1-2H3/t12-/m1/s1. The van der Waals surface area contributed by atoms with Crippen molar-refractivity contribution >= 4 is 23.2 Å². The predicted octanol–water partition coefficient (Wildman–Crippen LogP) is 5.69. The molecule has 0 aliphatic heterocycles. The fourth-order valence-electron chi connectivity index (χ4n) is 3.56. The highest BCUT2D eigenvalue weighted by Gasteiger charge is 2.26. The van der Waals surface area contributed by atoms with Crippen molar-refractivity contribution in [3.05, 3.63) is 57.1 Å². The van der Waals surface area contributed by atoms with Gasteiger partial charge in [0.15, 0.2) is 11.5 Å². The van der Waals surface area contributed by atoms with Crippen LogP contribution < -0.4 is 4.74 Å². The number of phenolic OH excluding ortho intramolecular Hbond substituents is 1. The summed E-state index contributed by atoms with van der Waals surface area (Å²) < 4.78 is 5.18. The summed E-state index contributed by atoms with van der Waals surface area (Å²) in [7, 11) is 1.58. The van der Waals surface area contributed by atoms with Crippen LogP contribution in [0.25, 0.3) is 0 Å². The van der Waals surface area contributed by atoms with Gasteiger partial charge in [-0.15, -0.1) is 0 Å². The molecule has 0 amide bonds. The lowest BCUT2D eigenvalue weighted by atomic mass is 9.86. The summed E-state index contributed by atoms with van der Waals surface area (Å²) in [4.78, 5) is 0. The van der Waals surface area contributed by atoms with Gasteiger partial charge in [-0.2, -0.15) is 0 Å². The van der Waals surface area contributed by atoms with Crippen molar-refractivity contribution in [2.45, 2.75) is 32.6 Å². The molecule has 0 bridgehead atoms. The smallest absolute Gasteiger partial charge is 0.160 e. The van der Waals surface area contributed by atoms with Crippen LogP contribution in [0.3, 0.4) is 0 Å². The first-order chi connectivity index (χ1) is 11.5. The molecule has 2 nitrogen and oxygen atoms in total. The van der Waals surface area contributed by atoms with Crippen LogP contribution in [-0.4, -0.2) is 12.2 Å². The Bertz CT molecular complexity index is 712. The Morgan fingerprint density at radius 1 is 1.12 bits per heavy atom. The van der Waals surface area contributed by atoms with E-state index in [-0.39, 0.29) is 5.75 Å². The molecule has 1 aliphatic rings. The number of rotatable bonds is 5. The average molecular weight is 365 g/mol. The maximum atomic E-state index is 9.68. The summed E-state index contributed by atoms with van der Waals surface area (Å²) in [6, 6.07) is 9.64. The third-order valence-corrected chi connectivity index (χ3v) is 5.87. The van der Waals surface area contributed by atoms with Crippen LogP contribution in [0.4, 0.5) is 0 Å². The van der Waals surface area contributed by atoms with Gasteiger partial charge < -0.3 is 9.84 Å². The number of phenols is 1. The van der Waals surface area contributed by atoms with Gasteiger partial charge in [-0.05, 0) is 78.5 Å². The number of fused-ring (bicyclic) bond motifs is 1. The van der Waals surface area contributed by atoms with Gasteiger partial charge in [0.05, 0.1) is 17.2 Å². The van der Waals surface area contributed by atoms with Crippen LogP contribution >= 0.6 is 23.2 Å². The number of ether oxygens (including phenoxy) is 1. The first-order valence-electron chi connectivity index (χ1n) is 8.30. The molecule has 0 spiro atoms. The Labute approximate surface area is 153 Å². The maximum Gasteiger partial charge on any atom is 0.160 e. The van der Waals surface area contributed by atoms with Crippen LogP contribution in [-0.2, 0) is 19.3 Å². The van der Waals surface area contributed by atoms with Crippen molar-refractivity contribution < 1.29 is 9.84 Å². The first-order valence-corrected chi connectivity index (χ1v) is 9.06. The van der Waals surface area contributed by atoms with E-state index in [9.17, 15) is 5.11 Å². The van der Waals surface area contributed by atoms with Gasteiger partial charge in [0, 0.05) is 0 Å². The predicted molar refractivity (Wildman–Crippen MR) is 99.5 cm³/mol.